The van der Waals surface area contributed by atoms with E-state index in [2.05, 4.69) is 16.9 Å². The molecule has 154 valence electrons. The maximum atomic E-state index is 12.3. The van der Waals surface area contributed by atoms with Crippen molar-refractivity contribution in [2.75, 3.05) is 13.1 Å². The number of likely N-dealkylation sites (tertiary alicyclic amines) is 1. The van der Waals surface area contributed by atoms with Gasteiger partial charge < -0.3 is 4.90 Å². The second kappa shape index (κ2) is 9.94. The molecule has 0 atom stereocenters. The van der Waals surface area contributed by atoms with Crippen LogP contribution in [0.2, 0.25) is 5.02 Å². The number of sulfonamides is 1. The van der Waals surface area contributed by atoms with Crippen LogP contribution < -0.4 is 4.72 Å². The van der Waals surface area contributed by atoms with Gasteiger partial charge in [-0.2, -0.15) is 0 Å². The Labute approximate surface area is 177 Å². The highest BCUT2D eigenvalue weighted by atomic mass is 35.5. The number of urea groups is 1. The summed E-state index contributed by atoms with van der Waals surface area (Å²) in [4.78, 5) is 13.9. The first kappa shape index (κ1) is 21.4. The van der Waals surface area contributed by atoms with Crippen molar-refractivity contribution in [3.63, 3.8) is 0 Å². The highest BCUT2D eigenvalue weighted by Gasteiger charge is 2.24. The average Bonchev–Trinajstić information content (AvgIpc) is 2.73. The van der Waals surface area contributed by atoms with Crippen molar-refractivity contribution in [2.45, 2.75) is 25.7 Å². The molecule has 1 aliphatic rings. The van der Waals surface area contributed by atoms with Crippen molar-refractivity contribution in [2.24, 2.45) is 5.92 Å². The normalized spacial score (nSPS) is 15.6. The van der Waals surface area contributed by atoms with E-state index in [1.54, 1.807) is 29.2 Å². The third-order valence-electron chi connectivity index (χ3n) is 5.13. The van der Waals surface area contributed by atoms with Gasteiger partial charge in [0, 0.05) is 18.1 Å². The lowest BCUT2D eigenvalue weighted by Crippen LogP contribution is -2.46. The third kappa shape index (κ3) is 6.91. The van der Waals surface area contributed by atoms with E-state index >= 15 is 0 Å². The summed E-state index contributed by atoms with van der Waals surface area (Å²) in [5.41, 5.74) is 2.01. The molecule has 29 heavy (non-hydrogen) atoms. The standard InChI is InChI=1S/C22H25ClN2O3S/c23-21-10-8-19(9-11-21)14-17-29(27,28)24-22(26)25-15-12-20(13-16-25)7-6-18-4-2-1-3-5-18/h1-5,8-11,14,17,20H,6-7,12-13,15-16H2,(H,24,26). The number of hydrogen-bond donors (Lipinski definition) is 1. The second-order valence-corrected chi connectivity index (χ2v) is 9.26. The number of benzene rings is 2. The number of carbonyl (C=O) groups is 1. The molecule has 1 N–H and O–H groups in total. The molecule has 0 spiro atoms. The van der Waals surface area contributed by atoms with Crippen molar-refractivity contribution in [3.8, 4) is 0 Å². The van der Waals surface area contributed by atoms with Crippen LogP contribution in [0.1, 0.15) is 30.4 Å². The van der Waals surface area contributed by atoms with Crippen LogP contribution in [0.15, 0.2) is 60.0 Å². The van der Waals surface area contributed by atoms with Gasteiger partial charge in [-0.3, -0.25) is 0 Å². The number of nitrogens with zero attached hydrogens (tertiary/aromatic N) is 1. The summed E-state index contributed by atoms with van der Waals surface area (Å²) in [6.45, 7) is 1.14. The number of amides is 2. The first-order valence-electron chi connectivity index (χ1n) is 9.70. The van der Waals surface area contributed by atoms with Gasteiger partial charge in [0.1, 0.15) is 0 Å². The number of rotatable bonds is 6. The van der Waals surface area contributed by atoms with Crippen molar-refractivity contribution in [1.82, 2.24) is 9.62 Å². The third-order valence-corrected chi connectivity index (χ3v) is 6.33. The zero-order chi connectivity index (χ0) is 20.7. The van der Waals surface area contributed by atoms with E-state index < -0.39 is 16.1 Å². The van der Waals surface area contributed by atoms with Gasteiger partial charge >= 0.3 is 6.03 Å². The maximum Gasteiger partial charge on any atom is 0.331 e. The van der Waals surface area contributed by atoms with Crippen molar-refractivity contribution < 1.29 is 13.2 Å². The van der Waals surface area contributed by atoms with Gasteiger partial charge in [0.25, 0.3) is 10.0 Å². The molecule has 5 nitrogen and oxygen atoms in total. The Bertz CT molecular complexity index is 936. The zero-order valence-corrected chi connectivity index (χ0v) is 17.7. The Morgan fingerprint density at radius 3 is 2.38 bits per heavy atom. The van der Waals surface area contributed by atoms with Crippen LogP contribution in [0.3, 0.4) is 0 Å². The van der Waals surface area contributed by atoms with Gasteiger partial charge in [-0.1, -0.05) is 54.1 Å². The summed E-state index contributed by atoms with van der Waals surface area (Å²) in [6.07, 6.45) is 5.33. The molecule has 0 unspecified atom stereocenters. The lowest BCUT2D eigenvalue weighted by molar-refractivity contribution is 0.173. The lowest BCUT2D eigenvalue weighted by atomic mass is 9.91. The summed E-state index contributed by atoms with van der Waals surface area (Å²) in [6, 6.07) is 16.6. The predicted octanol–water partition coefficient (Wildman–Crippen LogP) is 4.69. The molecule has 7 heteroatoms. The second-order valence-electron chi connectivity index (χ2n) is 7.26. The van der Waals surface area contributed by atoms with Crippen LogP contribution in [0, 0.1) is 5.92 Å². The van der Waals surface area contributed by atoms with Crippen LogP contribution >= 0.6 is 11.6 Å². The first-order valence-corrected chi connectivity index (χ1v) is 11.6. The van der Waals surface area contributed by atoms with Crippen LogP contribution in [0.25, 0.3) is 6.08 Å². The number of carbonyl (C=O) groups excluding carboxylic acids is 1. The van der Waals surface area contributed by atoms with Gasteiger partial charge in [-0.05, 0) is 60.9 Å². The summed E-state index contributed by atoms with van der Waals surface area (Å²) in [7, 11) is -3.85. The lowest BCUT2D eigenvalue weighted by Gasteiger charge is -2.31. The molecule has 0 bridgehead atoms. The summed E-state index contributed by atoms with van der Waals surface area (Å²) >= 11 is 5.81. The van der Waals surface area contributed by atoms with Crippen molar-refractivity contribution in [1.29, 1.82) is 0 Å². The predicted molar refractivity (Wildman–Crippen MR) is 117 cm³/mol. The van der Waals surface area contributed by atoms with Crippen LogP contribution in [0.5, 0.6) is 0 Å². The molecule has 0 aromatic heterocycles. The highest BCUT2D eigenvalue weighted by Crippen LogP contribution is 2.22. The molecule has 2 aromatic rings. The fraction of sp³-hybridized carbons (Fsp3) is 0.318. The van der Waals surface area contributed by atoms with E-state index in [4.69, 9.17) is 11.6 Å². The van der Waals surface area contributed by atoms with Crippen LogP contribution in [-0.2, 0) is 16.4 Å². The average molecular weight is 433 g/mol. The summed E-state index contributed by atoms with van der Waals surface area (Å²) in [5, 5.41) is 1.58. The quantitative estimate of drug-likeness (QED) is 0.719. The molecule has 2 amide bonds. The molecular weight excluding hydrogens is 408 g/mol. The molecule has 1 fully saturated rings. The summed E-state index contributed by atoms with van der Waals surface area (Å²) < 4.78 is 26.5. The minimum Gasteiger partial charge on any atom is -0.324 e. The van der Waals surface area contributed by atoms with Crippen LogP contribution in [-0.4, -0.2) is 32.4 Å². The Morgan fingerprint density at radius 2 is 1.72 bits per heavy atom. The maximum absolute atomic E-state index is 12.3. The number of hydrogen-bond acceptors (Lipinski definition) is 3. The molecule has 2 aromatic carbocycles. The highest BCUT2D eigenvalue weighted by molar-refractivity contribution is 7.93. The molecule has 0 aliphatic carbocycles. The smallest absolute Gasteiger partial charge is 0.324 e. The van der Waals surface area contributed by atoms with Crippen molar-refractivity contribution in [3.05, 3.63) is 76.2 Å². The molecule has 1 heterocycles. The van der Waals surface area contributed by atoms with Gasteiger partial charge in [-0.15, -0.1) is 0 Å². The molecular formula is C22H25ClN2O3S. The van der Waals surface area contributed by atoms with Crippen molar-refractivity contribution >= 4 is 33.7 Å². The van der Waals surface area contributed by atoms with E-state index in [9.17, 15) is 13.2 Å². The number of aryl methyl sites for hydroxylation is 1. The molecule has 1 aliphatic heterocycles. The van der Waals surface area contributed by atoms with Gasteiger partial charge in [0.15, 0.2) is 0 Å². The fourth-order valence-electron chi connectivity index (χ4n) is 3.40. The molecule has 0 radical (unpaired) electrons. The van der Waals surface area contributed by atoms with E-state index in [1.807, 2.05) is 18.2 Å². The van der Waals surface area contributed by atoms with E-state index in [0.29, 0.717) is 29.6 Å². The minimum atomic E-state index is -3.85. The molecule has 0 saturated carbocycles. The Balaban J connectivity index is 1.45. The fourth-order valence-corrected chi connectivity index (χ4v) is 4.31. The molecule has 1 saturated heterocycles. The van der Waals surface area contributed by atoms with Gasteiger partial charge in [0.05, 0.1) is 5.41 Å². The molecule has 3 rings (SSSR count). The number of halogens is 1. The Hall–Kier alpha value is -2.31. The Kier molecular flexibility index (Phi) is 7.34. The zero-order valence-electron chi connectivity index (χ0n) is 16.1. The van der Waals surface area contributed by atoms with Crippen LogP contribution in [0.4, 0.5) is 4.79 Å². The minimum absolute atomic E-state index is 0.556. The number of nitrogens with one attached hydrogen (secondary N) is 1. The largest absolute Gasteiger partial charge is 0.331 e. The first-order chi connectivity index (χ1) is 13.9. The van der Waals surface area contributed by atoms with E-state index in [0.717, 1.165) is 31.1 Å². The van der Waals surface area contributed by atoms with E-state index in [-0.39, 0.29) is 0 Å². The summed E-state index contributed by atoms with van der Waals surface area (Å²) in [5.74, 6) is 0.556. The SMILES string of the molecule is O=C(NS(=O)(=O)C=Cc1ccc(Cl)cc1)N1CCC(CCc2ccccc2)CC1. The monoisotopic (exact) mass is 432 g/mol. The Morgan fingerprint density at radius 1 is 1.07 bits per heavy atom. The van der Waals surface area contributed by atoms with E-state index in [1.165, 1.54) is 11.6 Å². The topological polar surface area (TPSA) is 66.5 Å². The number of piperidine rings is 1. The van der Waals surface area contributed by atoms with Gasteiger partial charge in [-0.25, -0.2) is 17.9 Å². The van der Waals surface area contributed by atoms with Gasteiger partial charge in [0.2, 0.25) is 0 Å².